The number of amides is 3. The minimum atomic E-state index is -0.630. The molecule has 0 unspecified atom stereocenters. The topological polar surface area (TPSA) is 120 Å². The Hall–Kier alpha value is -2.75. The first-order chi connectivity index (χ1) is 12.0. The van der Waals surface area contributed by atoms with Crippen molar-refractivity contribution in [2.24, 2.45) is 5.73 Å². The first-order valence-electron chi connectivity index (χ1n) is 7.54. The molecule has 0 saturated carbocycles. The van der Waals surface area contributed by atoms with Crippen molar-refractivity contribution in [3.63, 3.8) is 0 Å². The summed E-state index contributed by atoms with van der Waals surface area (Å²) in [5, 5.41) is 2.98. The molecule has 10 heteroatoms. The van der Waals surface area contributed by atoms with E-state index in [0.717, 1.165) is 10.4 Å². The molecule has 1 aromatic rings. The molecule has 0 fully saturated rings. The zero-order valence-corrected chi connectivity index (χ0v) is 14.3. The number of carbonyl (C=O) groups excluding carboxylic acids is 3. The molecule has 0 aromatic carbocycles. The molecule has 2 aliphatic rings. The lowest BCUT2D eigenvalue weighted by Crippen LogP contribution is -2.35. The van der Waals surface area contributed by atoms with Crippen molar-refractivity contribution in [2.75, 3.05) is 32.2 Å². The van der Waals surface area contributed by atoms with E-state index in [-0.39, 0.29) is 17.9 Å². The molecular formula is C15H17N3O6S. The van der Waals surface area contributed by atoms with Crippen LogP contribution in [0.25, 0.3) is 0 Å². The third kappa shape index (κ3) is 3.38. The summed E-state index contributed by atoms with van der Waals surface area (Å²) in [5.41, 5.74) is 6.52. The predicted molar refractivity (Wildman–Crippen MR) is 88.0 cm³/mol. The number of methoxy groups -OCH3 is 1. The molecule has 0 atom stereocenters. The second kappa shape index (κ2) is 7.01. The van der Waals surface area contributed by atoms with Crippen LogP contribution >= 0.6 is 11.3 Å². The van der Waals surface area contributed by atoms with E-state index in [9.17, 15) is 14.4 Å². The van der Waals surface area contributed by atoms with Gasteiger partial charge in [0.15, 0.2) is 0 Å². The van der Waals surface area contributed by atoms with Crippen LogP contribution in [0.15, 0.2) is 12.0 Å². The van der Waals surface area contributed by atoms with E-state index in [1.165, 1.54) is 29.6 Å². The number of fused-ring (bicyclic) bond motifs is 1. The van der Waals surface area contributed by atoms with Gasteiger partial charge in [0.2, 0.25) is 5.76 Å². The van der Waals surface area contributed by atoms with Gasteiger partial charge in [-0.05, 0) is 12.0 Å². The fraction of sp³-hybridized carbons (Fsp3) is 0.400. The molecule has 3 amide bonds. The van der Waals surface area contributed by atoms with Gasteiger partial charge < -0.3 is 30.2 Å². The minimum absolute atomic E-state index is 0.0317. The van der Waals surface area contributed by atoms with E-state index >= 15 is 0 Å². The van der Waals surface area contributed by atoms with Gasteiger partial charge in [0.25, 0.3) is 11.8 Å². The highest BCUT2D eigenvalue weighted by Gasteiger charge is 2.30. The number of primary amides is 1. The fourth-order valence-corrected chi connectivity index (χ4v) is 3.95. The van der Waals surface area contributed by atoms with Crippen molar-refractivity contribution in [3.8, 4) is 0 Å². The standard InChI is InChI=1S/C15H17N3O6S/c1-22-15(21)18-3-2-8-10(6-18)25-14(11(8)12(16)19)17-13(20)9-7-23-4-5-24-9/h7H,2-6H2,1H3,(H2,16,19)(H,17,20). The van der Waals surface area contributed by atoms with Crippen molar-refractivity contribution in [3.05, 3.63) is 28.0 Å². The average Bonchev–Trinajstić information content (AvgIpc) is 2.98. The SMILES string of the molecule is COC(=O)N1CCc2c(sc(NC(=O)C3=COCCO3)c2C(N)=O)C1. The molecule has 0 spiro atoms. The summed E-state index contributed by atoms with van der Waals surface area (Å²) in [6, 6.07) is 0. The number of rotatable bonds is 3. The van der Waals surface area contributed by atoms with Crippen LogP contribution in [0.3, 0.4) is 0 Å². The van der Waals surface area contributed by atoms with Gasteiger partial charge in [0.05, 0.1) is 19.2 Å². The maximum Gasteiger partial charge on any atom is 0.409 e. The summed E-state index contributed by atoms with van der Waals surface area (Å²) >= 11 is 1.21. The maximum absolute atomic E-state index is 12.3. The van der Waals surface area contributed by atoms with Crippen molar-refractivity contribution in [1.82, 2.24) is 4.90 Å². The lowest BCUT2D eigenvalue weighted by Gasteiger charge is -2.25. The molecule has 3 heterocycles. The third-order valence-electron chi connectivity index (χ3n) is 3.84. The maximum atomic E-state index is 12.3. The Morgan fingerprint density at radius 2 is 2.16 bits per heavy atom. The number of hydrogen-bond donors (Lipinski definition) is 2. The van der Waals surface area contributed by atoms with Crippen molar-refractivity contribution in [2.45, 2.75) is 13.0 Å². The normalized spacial score (nSPS) is 16.0. The summed E-state index contributed by atoms with van der Waals surface area (Å²) in [4.78, 5) is 38.2. The monoisotopic (exact) mass is 367 g/mol. The van der Waals surface area contributed by atoms with Crippen molar-refractivity contribution < 1.29 is 28.6 Å². The smallest absolute Gasteiger partial charge is 0.409 e. The number of anilines is 1. The van der Waals surface area contributed by atoms with Gasteiger partial charge in [-0.25, -0.2) is 4.79 Å². The van der Waals surface area contributed by atoms with Crippen LogP contribution in [0.5, 0.6) is 0 Å². The van der Waals surface area contributed by atoms with Crippen LogP contribution in [-0.2, 0) is 32.0 Å². The molecule has 25 heavy (non-hydrogen) atoms. The summed E-state index contributed by atoms with van der Waals surface area (Å²) < 4.78 is 15.0. The van der Waals surface area contributed by atoms with E-state index in [1.807, 2.05) is 0 Å². The number of nitrogens with zero attached hydrogens (tertiary/aromatic N) is 1. The van der Waals surface area contributed by atoms with Gasteiger partial charge >= 0.3 is 6.09 Å². The molecule has 0 bridgehead atoms. The van der Waals surface area contributed by atoms with E-state index in [2.05, 4.69) is 5.32 Å². The molecule has 9 nitrogen and oxygen atoms in total. The Morgan fingerprint density at radius 1 is 1.36 bits per heavy atom. The minimum Gasteiger partial charge on any atom is -0.494 e. The Morgan fingerprint density at radius 3 is 2.80 bits per heavy atom. The highest BCUT2D eigenvalue weighted by atomic mass is 32.1. The number of ether oxygens (including phenoxy) is 3. The number of nitrogens with one attached hydrogen (secondary N) is 1. The van der Waals surface area contributed by atoms with E-state index in [0.29, 0.717) is 31.1 Å². The van der Waals surface area contributed by atoms with Gasteiger partial charge in [-0.1, -0.05) is 0 Å². The first kappa shape index (κ1) is 17.1. The fourth-order valence-electron chi connectivity index (χ4n) is 2.69. The van der Waals surface area contributed by atoms with Crippen LogP contribution in [-0.4, -0.2) is 49.7 Å². The molecule has 0 radical (unpaired) electrons. The van der Waals surface area contributed by atoms with Gasteiger partial charge in [0, 0.05) is 11.4 Å². The van der Waals surface area contributed by atoms with Gasteiger partial charge in [-0.2, -0.15) is 0 Å². The van der Waals surface area contributed by atoms with E-state index in [1.54, 1.807) is 0 Å². The van der Waals surface area contributed by atoms with E-state index < -0.39 is 17.9 Å². The number of hydrogen-bond acceptors (Lipinski definition) is 7. The zero-order valence-electron chi connectivity index (χ0n) is 13.5. The largest absolute Gasteiger partial charge is 0.494 e. The molecule has 0 saturated heterocycles. The second-order valence-electron chi connectivity index (χ2n) is 5.37. The Labute approximate surface area is 147 Å². The van der Waals surface area contributed by atoms with E-state index in [4.69, 9.17) is 19.9 Å². The third-order valence-corrected chi connectivity index (χ3v) is 4.97. The molecule has 1 aromatic heterocycles. The first-order valence-corrected chi connectivity index (χ1v) is 8.36. The Kier molecular flexibility index (Phi) is 4.79. The van der Waals surface area contributed by atoms with Crippen LogP contribution in [0.1, 0.15) is 20.8 Å². The zero-order chi connectivity index (χ0) is 18.0. The number of nitrogens with two attached hydrogens (primary N) is 1. The summed E-state index contributed by atoms with van der Waals surface area (Å²) in [6.45, 7) is 1.36. The van der Waals surface area contributed by atoms with Gasteiger partial charge in [-0.15, -0.1) is 11.3 Å². The molecular weight excluding hydrogens is 350 g/mol. The Bertz CT molecular complexity index is 757. The second-order valence-corrected chi connectivity index (χ2v) is 6.47. The predicted octanol–water partition coefficient (Wildman–Crippen LogP) is 0.798. The highest BCUT2D eigenvalue weighted by molar-refractivity contribution is 7.17. The molecule has 134 valence electrons. The molecule has 0 aliphatic carbocycles. The summed E-state index contributed by atoms with van der Waals surface area (Å²) in [5.74, 6) is -1.12. The van der Waals surface area contributed by atoms with Gasteiger partial charge in [-0.3, -0.25) is 9.59 Å². The molecule has 3 N–H and O–H groups in total. The number of carbonyl (C=O) groups is 3. The number of thiophene rings is 1. The van der Waals surface area contributed by atoms with Crippen LogP contribution in [0.2, 0.25) is 0 Å². The van der Waals surface area contributed by atoms with Crippen molar-refractivity contribution in [1.29, 1.82) is 0 Å². The van der Waals surface area contributed by atoms with Crippen LogP contribution in [0.4, 0.5) is 9.80 Å². The van der Waals surface area contributed by atoms with Crippen molar-refractivity contribution >= 4 is 34.2 Å². The molecule has 2 aliphatic heterocycles. The molecule has 3 rings (SSSR count). The summed E-state index contributed by atoms with van der Waals surface area (Å²) in [7, 11) is 1.31. The Balaban J connectivity index is 1.86. The lowest BCUT2D eigenvalue weighted by atomic mass is 10.0. The highest BCUT2D eigenvalue weighted by Crippen LogP contribution is 2.37. The van der Waals surface area contributed by atoms with Crippen LogP contribution in [0, 0.1) is 0 Å². The summed E-state index contributed by atoms with van der Waals surface area (Å²) in [6.07, 6.45) is 1.25. The lowest BCUT2D eigenvalue weighted by molar-refractivity contribution is -0.117. The quantitative estimate of drug-likeness (QED) is 0.815. The average molecular weight is 367 g/mol. The van der Waals surface area contributed by atoms with Crippen LogP contribution < -0.4 is 11.1 Å². The van der Waals surface area contributed by atoms with Gasteiger partial charge in [0.1, 0.15) is 24.5 Å².